The summed E-state index contributed by atoms with van der Waals surface area (Å²) in [6.45, 7) is 9.54. The zero-order chi connectivity index (χ0) is 20.5. The predicted molar refractivity (Wildman–Crippen MR) is 113 cm³/mol. The highest BCUT2D eigenvalue weighted by Crippen LogP contribution is 2.33. The Morgan fingerprint density at radius 1 is 0.714 bits per heavy atom. The Hall–Kier alpha value is -1.86. The molecule has 0 spiro atoms. The number of hydrogen-bond acceptors (Lipinski definition) is 6. The first kappa shape index (κ1) is 22.4. The molecule has 0 aliphatic heterocycles. The standard InChI is InChI=1S/C22H34N2O4/c1-15(2)23-11-17(25)13-27-21-9-10-22(20-8-6-5-7-19(20)21)28-14-18(26)12-24-16(3)4/h5-10,15-18,23-26H,11-14H2,1-4H3/t17-,18-/m1/s1. The van der Waals surface area contributed by atoms with E-state index in [0.717, 1.165) is 10.8 Å². The smallest absolute Gasteiger partial charge is 0.127 e. The summed E-state index contributed by atoms with van der Waals surface area (Å²) < 4.78 is 11.7. The summed E-state index contributed by atoms with van der Waals surface area (Å²) in [4.78, 5) is 0. The molecule has 4 N–H and O–H groups in total. The zero-order valence-corrected chi connectivity index (χ0v) is 17.3. The lowest BCUT2D eigenvalue weighted by molar-refractivity contribution is 0.104. The Morgan fingerprint density at radius 2 is 1.11 bits per heavy atom. The van der Waals surface area contributed by atoms with E-state index < -0.39 is 12.2 Å². The molecule has 0 radical (unpaired) electrons. The molecule has 0 heterocycles. The number of benzene rings is 2. The van der Waals surface area contributed by atoms with E-state index in [2.05, 4.69) is 10.6 Å². The summed E-state index contributed by atoms with van der Waals surface area (Å²) in [5.41, 5.74) is 0. The fourth-order valence-corrected chi connectivity index (χ4v) is 2.73. The van der Waals surface area contributed by atoms with Gasteiger partial charge in [-0.2, -0.15) is 0 Å². The molecule has 0 aromatic heterocycles. The third-order valence-electron chi connectivity index (χ3n) is 4.23. The largest absolute Gasteiger partial charge is 0.490 e. The van der Waals surface area contributed by atoms with Gasteiger partial charge < -0.3 is 30.3 Å². The molecule has 2 atom stereocenters. The van der Waals surface area contributed by atoms with Crippen molar-refractivity contribution < 1.29 is 19.7 Å². The summed E-state index contributed by atoms with van der Waals surface area (Å²) in [6.07, 6.45) is -1.17. The number of ether oxygens (including phenoxy) is 2. The van der Waals surface area contributed by atoms with Crippen LogP contribution in [0.15, 0.2) is 36.4 Å². The van der Waals surface area contributed by atoms with Gasteiger partial charge in [-0.3, -0.25) is 0 Å². The molecule has 2 aromatic carbocycles. The molecule has 0 saturated heterocycles. The van der Waals surface area contributed by atoms with E-state index in [1.165, 1.54) is 0 Å². The fourth-order valence-electron chi connectivity index (χ4n) is 2.73. The highest BCUT2D eigenvalue weighted by Gasteiger charge is 2.12. The molecular weight excluding hydrogens is 356 g/mol. The van der Waals surface area contributed by atoms with Crippen molar-refractivity contribution in [1.29, 1.82) is 0 Å². The monoisotopic (exact) mass is 390 g/mol. The molecule has 0 fully saturated rings. The first-order chi connectivity index (χ1) is 13.4. The molecule has 156 valence electrons. The minimum Gasteiger partial charge on any atom is -0.490 e. The molecule has 2 aromatic rings. The van der Waals surface area contributed by atoms with Crippen molar-refractivity contribution in [2.45, 2.75) is 52.0 Å². The maximum atomic E-state index is 10.1. The SMILES string of the molecule is CC(C)NC[C@@H](O)COc1ccc(OC[C@H](O)CNC(C)C)c2ccccc12. The molecule has 0 saturated carbocycles. The van der Waals surface area contributed by atoms with E-state index >= 15 is 0 Å². The van der Waals surface area contributed by atoms with Gasteiger partial charge >= 0.3 is 0 Å². The second kappa shape index (κ2) is 11.2. The summed E-state index contributed by atoms with van der Waals surface area (Å²) in [5.74, 6) is 1.40. The molecule has 0 aliphatic carbocycles. The Bertz CT molecular complexity index is 660. The van der Waals surface area contributed by atoms with Crippen LogP contribution in [-0.2, 0) is 0 Å². The van der Waals surface area contributed by atoms with Gasteiger partial charge in [0.2, 0.25) is 0 Å². The second-order valence-corrected chi connectivity index (χ2v) is 7.66. The van der Waals surface area contributed by atoms with Crippen LogP contribution in [0.25, 0.3) is 10.8 Å². The lowest BCUT2D eigenvalue weighted by atomic mass is 10.1. The number of aliphatic hydroxyl groups is 2. The Balaban J connectivity index is 2.01. The van der Waals surface area contributed by atoms with E-state index in [4.69, 9.17) is 9.47 Å². The van der Waals surface area contributed by atoms with Crippen molar-refractivity contribution in [3.63, 3.8) is 0 Å². The Labute approximate surface area is 167 Å². The Kier molecular flexibility index (Phi) is 8.99. The number of hydrogen-bond donors (Lipinski definition) is 4. The van der Waals surface area contributed by atoms with Gasteiger partial charge in [0.25, 0.3) is 0 Å². The summed E-state index contributed by atoms with van der Waals surface area (Å²) in [7, 11) is 0. The number of aliphatic hydroxyl groups excluding tert-OH is 2. The van der Waals surface area contributed by atoms with Crippen LogP contribution in [0.5, 0.6) is 11.5 Å². The highest BCUT2D eigenvalue weighted by molar-refractivity contribution is 5.93. The molecule has 0 amide bonds. The van der Waals surface area contributed by atoms with Crippen LogP contribution in [-0.4, -0.2) is 60.8 Å². The average Bonchev–Trinajstić information content (AvgIpc) is 2.67. The topological polar surface area (TPSA) is 83.0 Å². The van der Waals surface area contributed by atoms with Gasteiger partial charge in [0, 0.05) is 35.9 Å². The number of rotatable bonds is 12. The van der Waals surface area contributed by atoms with Crippen molar-refractivity contribution in [3.8, 4) is 11.5 Å². The summed E-state index contributed by atoms with van der Waals surface area (Å²) in [6, 6.07) is 12.1. The zero-order valence-electron chi connectivity index (χ0n) is 17.3. The van der Waals surface area contributed by atoms with Crippen LogP contribution in [0.4, 0.5) is 0 Å². The van der Waals surface area contributed by atoms with Gasteiger partial charge in [0.05, 0.1) is 0 Å². The highest BCUT2D eigenvalue weighted by atomic mass is 16.5. The molecule has 0 bridgehead atoms. The molecule has 6 nitrogen and oxygen atoms in total. The predicted octanol–water partition coefficient (Wildman–Crippen LogP) is 2.32. The average molecular weight is 391 g/mol. The quantitative estimate of drug-likeness (QED) is 0.445. The number of fused-ring (bicyclic) bond motifs is 1. The van der Waals surface area contributed by atoms with Gasteiger partial charge in [-0.25, -0.2) is 0 Å². The van der Waals surface area contributed by atoms with E-state index in [0.29, 0.717) is 36.7 Å². The molecule has 2 rings (SSSR count). The maximum absolute atomic E-state index is 10.1. The number of nitrogens with one attached hydrogen (secondary N) is 2. The lowest BCUT2D eigenvalue weighted by Crippen LogP contribution is -2.35. The van der Waals surface area contributed by atoms with Crippen molar-refractivity contribution >= 4 is 10.8 Å². The van der Waals surface area contributed by atoms with Crippen molar-refractivity contribution in [1.82, 2.24) is 10.6 Å². The molecule has 0 aliphatic rings. The van der Waals surface area contributed by atoms with Gasteiger partial charge in [-0.1, -0.05) is 52.0 Å². The van der Waals surface area contributed by atoms with E-state index in [1.807, 2.05) is 64.1 Å². The van der Waals surface area contributed by atoms with Crippen LogP contribution in [0.3, 0.4) is 0 Å². The summed E-state index contributed by atoms with van der Waals surface area (Å²) >= 11 is 0. The van der Waals surface area contributed by atoms with E-state index in [9.17, 15) is 10.2 Å². The van der Waals surface area contributed by atoms with Crippen LogP contribution >= 0.6 is 0 Å². The van der Waals surface area contributed by atoms with Crippen molar-refractivity contribution in [3.05, 3.63) is 36.4 Å². The first-order valence-electron chi connectivity index (χ1n) is 9.97. The van der Waals surface area contributed by atoms with Gasteiger partial charge in [0.1, 0.15) is 36.9 Å². The third-order valence-corrected chi connectivity index (χ3v) is 4.23. The summed E-state index contributed by atoms with van der Waals surface area (Å²) in [5, 5.41) is 28.4. The van der Waals surface area contributed by atoms with Crippen molar-refractivity contribution in [2.75, 3.05) is 26.3 Å². The molecular formula is C22H34N2O4. The van der Waals surface area contributed by atoms with Crippen LogP contribution in [0, 0.1) is 0 Å². The van der Waals surface area contributed by atoms with Crippen LogP contribution in [0.2, 0.25) is 0 Å². The van der Waals surface area contributed by atoms with Gasteiger partial charge in [-0.15, -0.1) is 0 Å². The third kappa shape index (κ3) is 7.28. The Morgan fingerprint density at radius 3 is 1.46 bits per heavy atom. The maximum Gasteiger partial charge on any atom is 0.127 e. The minimum absolute atomic E-state index is 0.212. The van der Waals surface area contributed by atoms with Crippen molar-refractivity contribution in [2.24, 2.45) is 0 Å². The minimum atomic E-state index is -0.583. The van der Waals surface area contributed by atoms with E-state index in [-0.39, 0.29) is 13.2 Å². The van der Waals surface area contributed by atoms with E-state index in [1.54, 1.807) is 0 Å². The van der Waals surface area contributed by atoms with Gasteiger partial charge in [0.15, 0.2) is 0 Å². The van der Waals surface area contributed by atoms with Crippen LogP contribution in [0.1, 0.15) is 27.7 Å². The fraction of sp³-hybridized carbons (Fsp3) is 0.545. The lowest BCUT2D eigenvalue weighted by Gasteiger charge is -2.18. The molecule has 0 unspecified atom stereocenters. The molecule has 28 heavy (non-hydrogen) atoms. The first-order valence-corrected chi connectivity index (χ1v) is 9.97. The van der Waals surface area contributed by atoms with Gasteiger partial charge in [-0.05, 0) is 12.1 Å². The molecule has 6 heteroatoms. The van der Waals surface area contributed by atoms with Crippen LogP contribution < -0.4 is 20.1 Å². The second-order valence-electron chi connectivity index (χ2n) is 7.66. The normalized spacial score (nSPS) is 13.9.